The molecule has 2 atom stereocenters. The molecule has 1 aliphatic heterocycles. The second-order valence-electron chi connectivity index (χ2n) is 4.79. The van der Waals surface area contributed by atoms with Gasteiger partial charge in [0.1, 0.15) is 23.7 Å². The molecule has 1 aliphatic rings. The van der Waals surface area contributed by atoms with Gasteiger partial charge in [-0.15, -0.1) is 0 Å². The van der Waals surface area contributed by atoms with Crippen LogP contribution in [0.25, 0.3) is 0 Å². The second kappa shape index (κ2) is 5.51. The number of anilines is 1. The van der Waals surface area contributed by atoms with Crippen LogP contribution in [0.4, 0.5) is 5.69 Å². The molecule has 1 saturated heterocycles. The molecule has 1 aromatic carbocycles. The molecule has 0 N–H and O–H groups in total. The number of benzene rings is 1. The lowest BCUT2D eigenvalue weighted by molar-refractivity contribution is -0.161. The number of oxazole rings is 1. The third-order valence-electron chi connectivity index (χ3n) is 3.44. The summed E-state index contributed by atoms with van der Waals surface area (Å²) in [6.45, 7) is 1.27. The Morgan fingerprint density at radius 3 is 2.59 bits per heavy atom. The Morgan fingerprint density at radius 1 is 1.32 bits per heavy atom. The molecule has 0 aliphatic carbocycles. The van der Waals surface area contributed by atoms with Gasteiger partial charge in [0.2, 0.25) is 6.10 Å². The summed E-state index contributed by atoms with van der Waals surface area (Å²) in [4.78, 5) is 29.1. The molecule has 1 fully saturated rings. The molecule has 2 aromatic rings. The number of hydrogen-bond acceptors (Lipinski definition) is 6. The van der Waals surface area contributed by atoms with E-state index in [-0.39, 0.29) is 5.91 Å². The minimum Gasteiger partial charge on any atom is -0.497 e. The summed E-state index contributed by atoms with van der Waals surface area (Å²) in [5.74, 6) is -0.124. The minimum atomic E-state index is -0.885. The Labute approximate surface area is 126 Å². The molecule has 0 saturated carbocycles. The van der Waals surface area contributed by atoms with Crippen LogP contribution in [0.5, 0.6) is 5.75 Å². The fraction of sp³-hybridized carbons (Fsp3) is 0.267. The molecular formula is C15H14N2O5. The number of ether oxygens (including phenoxy) is 2. The van der Waals surface area contributed by atoms with Gasteiger partial charge < -0.3 is 13.9 Å². The highest BCUT2D eigenvalue weighted by atomic mass is 16.6. The van der Waals surface area contributed by atoms with Gasteiger partial charge in [-0.1, -0.05) is 0 Å². The third kappa shape index (κ3) is 2.30. The van der Waals surface area contributed by atoms with E-state index in [1.807, 2.05) is 0 Å². The maximum Gasteiger partial charge on any atom is 0.303 e. The first-order valence-corrected chi connectivity index (χ1v) is 6.64. The van der Waals surface area contributed by atoms with Crippen molar-refractivity contribution >= 4 is 17.6 Å². The summed E-state index contributed by atoms with van der Waals surface area (Å²) in [5.41, 5.74) is 1.20. The Hall–Kier alpha value is -2.83. The molecule has 3 rings (SSSR count). The van der Waals surface area contributed by atoms with Gasteiger partial charge in [0.05, 0.1) is 7.11 Å². The lowest BCUT2D eigenvalue weighted by atomic mass is 9.94. The molecule has 0 spiro atoms. The average molecular weight is 302 g/mol. The molecule has 0 bridgehead atoms. The zero-order valence-corrected chi connectivity index (χ0v) is 12.1. The highest BCUT2D eigenvalue weighted by molar-refractivity contribution is 6.05. The molecule has 1 amide bonds. The summed E-state index contributed by atoms with van der Waals surface area (Å²) < 4.78 is 15.2. The SMILES string of the molecule is COc1ccc(N2C(=O)[C@@H](OC(C)=O)[C@H]2c2cocn2)cc1. The lowest BCUT2D eigenvalue weighted by Gasteiger charge is -2.44. The van der Waals surface area contributed by atoms with Crippen molar-refractivity contribution in [1.82, 2.24) is 4.98 Å². The predicted molar refractivity (Wildman–Crippen MR) is 75.3 cm³/mol. The fourth-order valence-electron chi connectivity index (χ4n) is 2.44. The number of methoxy groups -OCH3 is 1. The number of aromatic nitrogens is 1. The van der Waals surface area contributed by atoms with E-state index in [2.05, 4.69) is 4.98 Å². The van der Waals surface area contributed by atoms with Crippen molar-refractivity contribution in [2.45, 2.75) is 19.1 Å². The van der Waals surface area contributed by atoms with Crippen molar-refractivity contribution in [3.8, 4) is 5.75 Å². The maximum absolute atomic E-state index is 12.3. The molecule has 7 nitrogen and oxygen atoms in total. The van der Waals surface area contributed by atoms with Crippen LogP contribution in [0.1, 0.15) is 18.7 Å². The largest absolute Gasteiger partial charge is 0.497 e. The number of hydrogen-bond donors (Lipinski definition) is 0. The number of carbonyl (C=O) groups excluding carboxylic acids is 2. The summed E-state index contributed by atoms with van der Waals surface area (Å²) in [7, 11) is 1.57. The van der Waals surface area contributed by atoms with Gasteiger partial charge in [-0.3, -0.25) is 14.5 Å². The topological polar surface area (TPSA) is 81.9 Å². The molecule has 0 radical (unpaired) electrons. The highest BCUT2D eigenvalue weighted by Crippen LogP contribution is 2.40. The van der Waals surface area contributed by atoms with Crippen molar-refractivity contribution in [2.75, 3.05) is 12.0 Å². The van der Waals surface area contributed by atoms with E-state index in [1.165, 1.54) is 24.5 Å². The summed E-state index contributed by atoms with van der Waals surface area (Å²) in [6, 6.07) is 6.52. The van der Waals surface area contributed by atoms with Crippen LogP contribution in [0.2, 0.25) is 0 Å². The summed E-state index contributed by atoms with van der Waals surface area (Å²) in [6.07, 6.45) is 1.82. The van der Waals surface area contributed by atoms with Crippen molar-refractivity contribution in [3.63, 3.8) is 0 Å². The number of carbonyl (C=O) groups is 2. The average Bonchev–Trinajstić information content (AvgIpc) is 3.03. The van der Waals surface area contributed by atoms with Crippen molar-refractivity contribution in [3.05, 3.63) is 42.6 Å². The predicted octanol–water partition coefficient (Wildman–Crippen LogP) is 1.70. The Kier molecular flexibility index (Phi) is 3.54. The molecule has 1 aromatic heterocycles. The third-order valence-corrected chi connectivity index (χ3v) is 3.44. The fourth-order valence-corrected chi connectivity index (χ4v) is 2.44. The second-order valence-corrected chi connectivity index (χ2v) is 4.79. The molecule has 2 heterocycles. The van der Waals surface area contributed by atoms with E-state index in [0.717, 1.165) is 0 Å². The first-order chi connectivity index (χ1) is 10.6. The van der Waals surface area contributed by atoms with Crippen LogP contribution in [0.15, 0.2) is 41.3 Å². The van der Waals surface area contributed by atoms with Crippen LogP contribution in [-0.2, 0) is 14.3 Å². The lowest BCUT2D eigenvalue weighted by Crippen LogP contribution is -2.60. The number of nitrogens with zero attached hydrogens (tertiary/aromatic N) is 2. The maximum atomic E-state index is 12.3. The van der Waals surface area contributed by atoms with Crippen LogP contribution in [0, 0.1) is 0 Å². The monoisotopic (exact) mass is 302 g/mol. The zero-order valence-electron chi connectivity index (χ0n) is 12.1. The number of rotatable bonds is 4. The zero-order chi connectivity index (χ0) is 15.7. The Morgan fingerprint density at radius 2 is 2.05 bits per heavy atom. The number of amides is 1. The number of esters is 1. The van der Waals surface area contributed by atoms with Gasteiger partial charge in [-0.25, -0.2) is 4.98 Å². The van der Waals surface area contributed by atoms with E-state index < -0.39 is 18.1 Å². The van der Waals surface area contributed by atoms with Crippen LogP contribution in [0.3, 0.4) is 0 Å². The van der Waals surface area contributed by atoms with Crippen molar-refractivity contribution in [2.24, 2.45) is 0 Å². The van der Waals surface area contributed by atoms with Gasteiger partial charge in [-0.2, -0.15) is 0 Å². The van der Waals surface area contributed by atoms with Crippen LogP contribution in [-0.4, -0.2) is 30.1 Å². The summed E-state index contributed by atoms with van der Waals surface area (Å²) >= 11 is 0. The molecule has 7 heteroatoms. The first kappa shape index (κ1) is 14.1. The van der Waals surface area contributed by atoms with E-state index >= 15 is 0 Å². The van der Waals surface area contributed by atoms with Crippen molar-refractivity contribution in [1.29, 1.82) is 0 Å². The quantitative estimate of drug-likeness (QED) is 0.631. The van der Waals surface area contributed by atoms with Gasteiger partial charge in [0, 0.05) is 12.6 Å². The van der Waals surface area contributed by atoms with Gasteiger partial charge in [-0.05, 0) is 24.3 Å². The van der Waals surface area contributed by atoms with E-state index in [4.69, 9.17) is 13.9 Å². The van der Waals surface area contributed by atoms with E-state index in [0.29, 0.717) is 17.1 Å². The van der Waals surface area contributed by atoms with Gasteiger partial charge in [0.15, 0.2) is 6.39 Å². The van der Waals surface area contributed by atoms with E-state index in [1.54, 1.807) is 31.4 Å². The summed E-state index contributed by atoms with van der Waals surface area (Å²) in [5, 5.41) is 0. The van der Waals surface area contributed by atoms with Crippen molar-refractivity contribution < 1.29 is 23.5 Å². The van der Waals surface area contributed by atoms with Gasteiger partial charge >= 0.3 is 5.97 Å². The Bertz CT molecular complexity index is 680. The molecule has 114 valence electrons. The van der Waals surface area contributed by atoms with E-state index in [9.17, 15) is 9.59 Å². The first-order valence-electron chi connectivity index (χ1n) is 6.64. The standard InChI is InChI=1S/C15H14N2O5/c1-9(18)22-14-13(12-7-21-8-16-12)17(15(14)19)10-3-5-11(20-2)6-4-10/h3-8,13-14H,1-2H3/t13-,14+/m1/s1. The molecule has 0 unspecified atom stereocenters. The normalized spacial score (nSPS) is 20.5. The molecule has 22 heavy (non-hydrogen) atoms. The van der Waals surface area contributed by atoms with Crippen LogP contribution < -0.4 is 9.64 Å². The number of β-lactam (4-membered cyclic amide) rings is 1. The minimum absolute atomic E-state index is 0.298. The Balaban J connectivity index is 1.91. The van der Waals surface area contributed by atoms with Crippen LogP contribution >= 0.6 is 0 Å². The highest BCUT2D eigenvalue weighted by Gasteiger charge is 2.52. The molecular weight excluding hydrogens is 288 g/mol. The smallest absolute Gasteiger partial charge is 0.303 e. The van der Waals surface area contributed by atoms with Gasteiger partial charge in [0.25, 0.3) is 5.91 Å².